The molecule has 1 heterocycles. The van der Waals surface area contributed by atoms with E-state index in [1.54, 1.807) is 0 Å². The number of benzene rings is 5. The van der Waals surface area contributed by atoms with Crippen molar-refractivity contribution in [2.75, 3.05) is 7.05 Å². The van der Waals surface area contributed by atoms with Gasteiger partial charge in [0.15, 0.2) is 5.84 Å². The van der Waals surface area contributed by atoms with Gasteiger partial charge < -0.3 is 4.42 Å². The second-order valence-corrected chi connectivity index (χ2v) is 14.7. The highest BCUT2D eigenvalue weighted by molar-refractivity contribution is 6.31. The smallest absolute Gasteiger partial charge is 0.155 e. The van der Waals surface area contributed by atoms with Gasteiger partial charge in [0, 0.05) is 47.7 Å². The van der Waals surface area contributed by atoms with Crippen LogP contribution in [-0.4, -0.2) is 18.6 Å². The van der Waals surface area contributed by atoms with E-state index >= 15 is 0 Å². The van der Waals surface area contributed by atoms with Gasteiger partial charge in [-0.05, 0) is 74.7 Å². The van der Waals surface area contributed by atoms with E-state index in [0.29, 0.717) is 11.8 Å². The van der Waals surface area contributed by atoms with Crippen molar-refractivity contribution in [1.29, 1.82) is 0 Å². The summed E-state index contributed by atoms with van der Waals surface area (Å²) in [4.78, 5) is 10.6. The van der Waals surface area contributed by atoms with Gasteiger partial charge in [-0.1, -0.05) is 158 Å². The number of aryl methyl sites for hydroxylation is 1. The Hall–Kier alpha value is -6.32. The fourth-order valence-electron chi connectivity index (χ4n) is 8.84. The van der Waals surface area contributed by atoms with Gasteiger partial charge in [0.25, 0.3) is 0 Å². The third-order valence-electron chi connectivity index (χ3n) is 11.5. The van der Waals surface area contributed by atoms with Crippen LogP contribution < -0.4 is 0 Å². The molecule has 3 unspecified atom stereocenters. The van der Waals surface area contributed by atoms with Crippen molar-refractivity contribution in [3.05, 3.63) is 192 Å². The maximum absolute atomic E-state index is 6.68. The molecule has 0 amide bonds. The van der Waals surface area contributed by atoms with Crippen LogP contribution in [0.25, 0.3) is 55.6 Å². The zero-order valence-electron chi connectivity index (χ0n) is 30.3. The van der Waals surface area contributed by atoms with Crippen LogP contribution in [0.4, 0.5) is 0 Å². The molecule has 4 aliphatic carbocycles. The third-order valence-corrected chi connectivity index (χ3v) is 11.5. The second-order valence-electron chi connectivity index (χ2n) is 14.7. The van der Waals surface area contributed by atoms with E-state index in [4.69, 9.17) is 14.4 Å². The van der Waals surface area contributed by atoms with Crippen molar-refractivity contribution < 1.29 is 4.42 Å². The lowest BCUT2D eigenvalue weighted by atomic mass is 9.77. The molecule has 0 bridgehead atoms. The highest BCUT2D eigenvalue weighted by Crippen LogP contribution is 2.43. The normalized spacial score (nSPS) is 20.4. The number of hydrogen-bond acceptors (Lipinski definition) is 2. The molecule has 0 fully saturated rings. The van der Waals surface area contributed by atoms with Crippen LogP contribution in [0.1, 0.15) is 28.9 Å². The van der Waals surface area contributed by atoms with E-state index in [2.05, 4.69) is 170 Å². The van der Waals surface area contributed by atoms with Crippen molar-refractivity contribution in [1.82, 2.24) is 0 Å². The van der Waals surface area contributed by atoms with Crippen LogP contribution in [0.5, 0.6) is 0 Å². The summed E-state index contributed by atoms with van der Waals surface area (Å²) in [5.41, 5.74) is 12.7. The van der Waals surface area contributed by atoms with Gasteiger partial charge >= 0.3 is 0 Å². The molecule has 0 saturated heterocycles. The summed E-state index contributed by atoms with van der Waals surface area (Å²) in [5, 5.41) is 3.71. The minimum atomic E-state index is 0.0802. The van der Waals surface area contributed by atoms with Crippen LogP contribution in [0.3, 0.4) is 0 Å². The predicted molar refractivity (Wildman–Crippen MR) is 227 cm³/mol. The number of nitrogens with zero attached hydrogens (tertiary/aromatic N) is 2. The lowest BCUT2D eigenvalue weighted by Gasteiger charge is -2.28. The molecule has 1 aromatic heterocycles. The molecule has 260 valence electrons. The van der Waals surface area contributed by atoms with Crippen molar-refractivity contribution >= 4 is 44.9 Å². The monoisotopic (exact) mass is 696 g/mol. The molecule has 6 aromatic rings. The number of aliphatic imine (C=N–C) groups is 2. The summed E-state index contributed by atoms with van der Waals surface area (Å²) in [6.07, 6.45) is 25.5. The average Bonchev–Trinajstić information content (AvgIpc) is 3.64. The molecule has 0 N–H and O–H groups in total. The van der Waals surface area contributed by atoms with Gasteiger partial charge in [-0.2, -0.15) is 0 Å². The quantitative estimate of drug-likeness (QED) is 0.131. The van der Waals surface area contributed by atoms with Gasteiger partial charge in [0.05, 0.1) is 5.71 Å². The van der Waals surface area contributed by atoms with Crippen molar-refractivity contribution in [2.45, 2.75) is 19.3 Å². The van der Waals surface area contributed by atoms with Crippen LogP contribution in [-0.2, 0) is 12.8 Å². The van der Waals surface area contributed by atoms with Crippen LogP contribution >= 0.6 is 0 Å². The van der Waals surface area contributed by atoms with E-state index < -0.39 is 0 Å². The van der Waals surface area contributed by atoms with E-state index in [0.717, 1.165) is 69.8 Å². The maximum Gasteiger partial charge on any atom is 0.155 e. The number of rotatable bonds is 5. The lowest BCUT2D eigenvalue weighted by molar-refractivity contribution is 0.546. The summed E-state index contributed by atoms with van der Waals surface area (Å²) in [6.45, 7) is 0. The van der Waals surface area contributed by atoms with E-state index in [9.17, 15) is 0 Å². The highest BCUT2D eigenvalue weighted by atomic mass is 16.3. The first kappa shape index (κ1) is 32.3. The van der Waals surface area contributed by atoms with Crippen LogP contribution in [0, 0.1) is 17.8 Å². The molecule has 10 rings (SSSR count). The second kappa shape index (κ2) is 13.6. The fourth-order valence-corrected chi connectivity index (χ4v) is 8.84. The van der Waals surface area contributed by atoms with Crippen LogP contribution in [0.15, 0.2) is 184 Å². The number of fused-ring (bicyclic) bond motifs is 7. The summed E-state index contributed by atoms with van der Waals surface area (Å²) in [7, 11) is 1.88. The Kier molecular flexibility index (Phi) is 8.14. The van der Waals surface area contributed by atoms with Crippen molar-refractivity contribution in [2.24, 2.45) is 27.7 Å². The topological polar surface area (TPSA) is 37.9 Å². The van der Waals surface area contributed by atoms with Gasteiger partial charge in [0.1, 0.15) is 11.3 Å². The van der Waals surface area contributed by atoms with Gasteiger partial charge in [-0.15, -0.1) is 0 Å². The molecule has 3 atom stereocenters. The number of allylic oxidation sites excluding steroid dienone is 10. The maximum atomic E-state index is 6.68. The summed E-state index contributed by atoms with van der Waals surface area (Å²) in [6, 6.07) is 39.1. The first-order chi connectivity index (χ1) is 26.7. The van der Waals surface area contributed by atoms with Crippen molar-refractivity contribution in [3.8, 4) is 22.3 Å². The largest absolute Gasteiger partial charge is 0.460 e. The molecular formula is C51H40N2O. The molecule has 3 heteroatoms. The minimum Gasteiger partial charge on any atom is -0.460 e. The molecule has 54 heavy (non-hydrogen) atoms. The van der Waals surface area contributed by atoms with E-state index in [1.807, 2.05) is 7.05 Å². The fraction of sp³-hybridized carbons (Fsp3) is 0.137. The number of furan rings is 1. The van der Waals surface area contributed by atoms with Crippen LogP contribution in [0.2, 0.25) is 0 Å². The lowest BCUT2D eigenvalue weighted by Crippen LogP contribution is -2.24. The number of hydrogen-bond donors (Lipinski definition) is 0. The van der Waals surface area contributed by atoms with E-state index in [1.165, 1.54) is 38.6 Å². The average molecular weight is 697 g/mol. The molecule has 0 spiro atoms. The highest BCUT2D eigenvalue weighted by Gasteiger charge is 2.30. The Morgan fingerprint density at radius 3 is 2.44 bits per heavy atom. The first-order valence-corrected chi connectivity index (χ1v) is 19.1. The molecule has 3 nitrogen and oxygen atoms in total. The summed E-state index contributed by atoms with van der Waals surface area (Å²) >= 11 is 0. The third kappa shape index (κ3) is 5.68. The molecule has 4 aliphatic rings. The minimum absolute atomic E-state index is 0.0802. The SMILES string of the molecule is CN=C(N=C(C1=CC2C=CC=CC2C=C1)C1C=Cc2ccc3ccccc3c2C1)C1=CCCc2oc3cccc(-c4cccc(-c5ccccc5)c4)c3c21. The Bertz CT molecular complexity index is 2710. The predicted octanol–water partition coefficient (Wildman–Crippen LogP) is 12.5. The molecular weight excluding hydrogens is 657 g/mol. The number of amidine groups is 1. The molecule has 0 aliphatic heterocycles. The Balaban J connectivity index is 1.10. The van der Waals surface area contributed by atoms with Gasteiger partial charge in [-0.3, -0.25) is 4.99 Å². The van der Waals surface area contributed by atoms with Gasteiger partial charge in [-0.25, -0.2) is 4.99 Å². The Labute approximate surface area is 316 Å². The van der Waals surface area contributed by atoms with Gasteiger partial charge in [0.2, 0.25) is 0 Å². The standard InChI is InChI=1S/C51H40N2O/c1-52-51(44-21-11-23-47-49(44)48-43(20-10-22-46(48)54-47)39-18-9-17-38(30-39)33-12-3-2-4-13-33)53-50(40-28-24-34-14-5-6-16-37(34)31-40)41-29-27-36-26-25-35-15-7-8-19-42(35)45(36)32-41/h2-10,12-22,24-31,34,37,41H,11,23,32H2,1H3. The molecule has 0 saturated carbocycles. The summed E-state index contributed by atoms with van der Waals surface area (Å²) in [5.74, 6) is 2.50. The Morgan fingerprint density at radius 2 is 1.54 bits per heavy atom. The zero-order valence-corrected chi connectivity index (χ0v) is 30.3. The molecule has 5 aromatic carbocycles. The van der Waals surface area contributed by atoms with E-state index in [-0.39, 0.29) is 5.92 Å². The first-order valence-electron chi connectivity index (χ1n) is 19.1. The summed E-state index contributed by atoms with van der Waals surface area (Å²) < 4.78 is 6.68. The van der Waals surface area contributed by atoms with Crippen molar-refractivity contribution in [3.63, 3.8) is 0 Å². The Morgan fingerprint density at radius 1 is 0.722 bits per heavy atom. The zero-order chi connectivity index (χ0) is 36.0. The molecule has 0 radical (unpaired) electrons.